The number of furan rings is 2. The van der Waals surface area contributed by atoms with Gasteiger partial charge in [0.25, 0.3) is 11.4 Å². The molecular weight excluding hydrogens is 488 g/mol. The Bertz CT molecular complexity index is 1410. The third-order valence-electron chi connectivity index (χ3n) is 4.34. The molecule has 0 fully saturated rings. The lowest BCUT2D eigenvalue weighted by molar-refractivity contribution is -0.393. The zero-order chi connectivity index (χ0) is 22.8. The second kappa shape index (κ2) is 8.43. The number of rotatable bonds is 6. The number of nitro benzene ring substituents is 2. The molecule has 1 N–H and O–H groups in total. The molecule has 0 aliphatic carbocycles. The summed E-state index contributed by atoms with van der Waals surface area (Å²) in [4.78, 5) is 32.9. The summed E-state index contributed by atoms with van der Waals surface area (Å²) in [6.07, 6.45) is 1.21. The van der Waals surface area contributed by atoms with Gasteiger partial charge in [0.1, 0.15) is 17.1 Å². The largest absolute Gasteiger partial charge is 0.455 e. The summed E-state index contributed by atoms with van der Waals surface area (Å²) in [6.45, 7) is 0. The first-order chi connectivity index (χ1) is 15.3. The molecule has 0 saturated carbocycles. The van der Waals surface area contributed by atoms with Crippen molar-refractivity contribution < 1.29 is 23.5 Å². The highest BCUT2D eigenvalue weighted by molar-refractivity contribution is 9.10. The molecule has 11 nitrogen and oxygen atoms in total. The van der Waals surface area contributed by atoms with Gasteiger partial charge >= 0.3 is 5.91 Å². The maximum absolute atomic E-state index is 12.2. The predicted molar refractivity (Wildman–Crippen MR) is 116 cm³/mol. The summed E-state index contributed by atoms with van der Waals surface area (Å²) in [7, 11) is 0. The van der Waals surface area contributed by atoms with Gasteiger partial charge in [0.05, 0.1) is 27.7 Å². The lowest BCUT2D eigenvalue weighted by atomic mass is 10.1. The number of hydrogen-bond donors (Lipinski definition) is 1. The Morgan fingerprint density at radius 1 is 1.00 bits per heavy atom. The van der Waals surface area contributed by atoms with E-state index in [1.165, 1.54) is 24.4 Å². The zero-order valence-electron chi connectivity index (χ0n) is 15.9. The molecule has 32 heavy (non-hydrogen) atoms. The Balaban J connectivity index is 1.50. The fourth-order valence-corrected chi connectivity index (χ4v) is 3.27. The van der Waals surface area contributed by atoms with Gasteiger partial charge in [-0.3, -0.25) is 25.0 Å². The standard InChI is InChI=1S/C20H11BrN4O7/c21-12-1-5-17-11(7-12)8-19(32-17)20(26)23-22-10-14-3-6-18(31-14)15-4-2-13(24(27)28)9-16(15)25(29)30/h1-10H,(H,23,26)/b22-10+. The van der Waals surface area contributed by atoms with Crippen molar-refractivity contribution in [2.75, 3.05) is 0 Å². The molecule has 0 radical (unpaired) electrons. The van der Waals surface area contributed by atoms with Gasteiger partial charge in [-0.1, -0.05) is 15.9 Å². The first kappa shape index (κ1) is 20.9. The van der Waals surface area contributed by atoms with Crippen molar-refractivity contribution in [1.29, 1.82) is 0 Å². The minimum Gasteiger partial charge on any atom is -0.455 e. The van der Waals surface area contributed by atoms with Crippen LogP contribution in [-0.4, -0.2) is 22.0 Å². The number of amides is 1. The molecule has 0 aliphatic heterocycles. The van der Waals surface area contributed by atoms with E-state index in [1.54, 1.807) is 24.3 Å². The number of carbonyl (C=O) groups excluding carboxylic acids is 1. The van der Waals surface area contributed by atoms with Crippen molar-refractivity contribution in [1.82, 2.24) is 5.43 Å². The topological polar surface area (TPSA) is 154 Å². The molecule has 1 amide bonds. The van der Waals surface area contributed by atoms with Crippen LogP contribution < -0.4 is 5.43 Å². The fraction of sp³-hybridized carbons (Fsp3) is 0. The SMILES string of the molecule is O=C(N/N=C/c1ccc(-c2ccc([N+](=O)[O-])cc2[N+](=O)[O-])o1)c1cc2cc(Br)ccc2o1. The highest BCUT2D eigenvalue weighted by Crippen LogP contribution is 2.33. The van der Waals surface area contributed by atoms with Gasteiger partial charge in [-0.05, 0) is 42.5 Å². The average molecular weight is 499 g/mol. The number of nitrogens with one attached hydrogen (secondary N) is 1. The number of nitro groups is 2. The van der Waals surface area contributed by atoms with E-state index in [0.29, 0.717) is 5.58 Å². The summed E-state index contributed by atoms with van der Waals surface area (Å²) in [5.74, 6) is -0.202. The number of carbonyl (C=O) groups is 1. The molecule has 160 valence electrons. The van der Waals surface area contributed by atoms with E-state index in [2.05, 4.69) is 26.5 Å². The molecule has 4 rings (SSSR count). The van der Waals surface area contributed by atoms with E-state index in [9.17, 15) is 25.0 Å². The number of benzene rings is 2. The summed E-state index contributed by atoms with van der Waals surface area (Å²) >= 11 is 3.34. The quantitative estimate of drug-likeness (QED) is 0.222. The van der Waals surface area contributed by atoms with E-state index in [-0.39, 0.29) is 22.8 Å². The van der Waals surface area contributed by atoms with Crippen LogP contribution in [0.2, 0.25) is 0 Å². The van der Waals surface area contributed by atoms with Crippen LogP contribution in [0.25, 0.3) is 22.3 Å². The van der Waals surface area contributed by atoms with Gasteiger partial charge in [-0.25, -0.2) is 5.43 Å². The zero-order valence-corrected chi connectivity index (χ0v) is 17.4. The van der Waals surface area contributed by atoms with E-state index < -0.39 is 27.1 Å². The van der Waals surface area contributed by atoms with Gasteiger partial charge < -0.3 is 8.83 Å². The van der Waals surface area contributed by atoms with E-state index in [0.717, 1.165) is 22.0 Å². The number of halogens is 1. The van der Waals surface area contributed by atoms with Crippen molar-refractivity contribution in [2.24, 2.45) is 5.10 Å². The Labute approximate surface area is 186 Å². The summed E-state index contributed by atoms with van der Waals surface area (Å²) < 4.78 is 11.8. The van der Waals surface area contributed by atoms with E-state index >= 15 is 0 Å². The molecule has 12 heteroatoms. The van der Waals surface area contributed by atoms with Crippen LogP contribution in [0.5, 0.6) is 0 Å². The number of non-ortho nitro benzene ring substituents is 1. The van der Waals surface area contributed by atoms with Crippen LogP contribution in [0, 0.1) is 20.2 Å². The van der Waals surface area contributed by atoms with E-state index in [1.807, 2.05) is 0 Å². The second-order valence-corrected chi connectivity index (χ2v) is 7.33. The molecule has 0 saturated heterocycles. The molecule has 4 aromatic rings. The molecular formula is C20H11BrN4O7. The number of fused-ring (bicyclic) bond motifs is 1. The number of nitrogens with zero attached hydrogens (tertiary/aromatic N) is 3. The lowest BCUT2D eigenvalue weighted by Gasteiger charge is -2.00. The van der Waals surface area contributed by atoms with Crippen LogP contribution in [0.4, 0.5) is 11.4 Å². The molecule has 2 aromatic carbocycles. The van der Waals surface area contributed by atoms with Gasteiger partial charge in [0.2, 0.25) is 0 Å². The third kappa shape index (κ3) is 4.25. The Kier molecular flexibility index (Phi) is 5.52. The summed E-state index contributed by atoms with van der Waals surface area (Å²) in [5.41, 5.74) is 2.04. The van der Waals surface area contributed by atoms with Crippen molar-refractivity contribution in [2.45, 2.75) is 0 Å². The maximum atomic E-state index is 12.2. The molecule has 2 heterocycles. The Morgan fingerprint density at radius 2 is 1.81 bits per heavy atom. The lowest BCUT2D eigenvalue weighted by Crippen LogP contribution is -2.16. The highest BCUT2D eigenvalue weighted by atomic mass is 79.9. The van der Waals surface area contributed by atoms with E-state index in [4.69, 9.17) is 8.83 Å². The normalized spacial score (nSPS) is 11.2. The van der Waals surface area contributed by atoms with Crippen LogP contribution in [0.3, 0.4) is 0 Å². The first-order valence-corrected chi connectivity index (χ1v) is 9.66. The van der Waals surface area contributed by atoms with Gasteiger partial charge in [-0.15, -0.1) is 0 Å². The minimum atomic E-state index is -0.731. The van der Waals surface area contributed by atoms with Crippen molar-refractivity contribution in [3.05, 3.63) is 90.8 Å². The van der Waals surface area contributed by atoms with Crippen LogP contribution in [0.1, 0.15) is 16.3 Å². The number of hydrogen-bond acceptors (Lipinski definition) is 8. The average Bonchev–Trinajstić information content (AvgIpc) is 3.40. The molecule has 0 unspecified atom stereocenters. The monoisotopic (exact) mass is 498 g/mol. The summed E-state index contributed by atoms with van der Waals surface area (Å²) in [6, 6.07) is 13.1. The first-order valence-electron chi connectivity index (χ1n) is 8.87. The molecule has 0 atom stereocenters. The molecule has 2 aromatic heterocycles. The van der Waals surface area contributed by atoms with Crippen molar-refractivity contribution in [3.63, 3.8) is 0 Å². The van der Waals surface area contributed by atoms with Gasteiger partial charge in [0.15, 0.2) is 5.76 Å². The third-order valence-corrected chi connectivity index (χ3v) is 4.83. The fourth-order valence-electron chi connectivity index (χ4n) is 2.90. The van der Waals surface area contributed by atoms with Crippen LogP contribution in [0.15, 0.2) is 73.0 Å². The Hall–Kier alpha value is -4.32. The predicted octanol–water partition coefficient (Wildman–Crippen LogP) is 5.04. The van der Waals surface area contributed by atoms with Gasteiger partial charge in [0, 0.05) is 15.9 Å². The van der Waals surface area contributed by atoms with Crippen molar-refractivity contribution in [3.8, 4) is 11.3 Å². The maximum Gasteiger partial charge on any atom is 0.307 e. The van der Waals surface area contributed by atoms with Crippen molar-refractivity contribution >= 4 is 50.4 Å². The molecule has 0 spiro atoms. The van der Waals surface area contributed by atoms with Crippen LogP contribution >= 0.6 is 15.9 Å². The highest BCUT2D eigenvalue weighted by Gasteiger charge is 2.22. The van der Waals surface area contributed by atoms with Gasteiger partial charge in [-0.2, -0.15) is 5.10 Å². The minimum absolute atomic E-state index is 0.0666. The Morgan fingerprint density at radius 3 is 2.56 bits per heavy atom. The van der Waals surface area contributed by atoms with Crippen LogP contribution in [-0.2, 0) is 0 Å². The molecule has 0 bridgehead atoms. The second-order valence-electron chi connectivity index (χ2n) is 6.41. The number of hydrazone groups is 1. The molecule has 0 aliphatic rings. The summed E-state index contributed by atoms with van der Waals surface area (Å²) in [5, 5.41) is 26.7. The smallest absolute Gasteiger partial charge is 0.307 e.